The van der Waals surface area contributed by atoms with E-state index >= 15 is 0 Å². The number of aryl methyl sites for hydroxylation is 1. The Morgan fingerprint density at radius 1 is 0.952 bits per heavy atom. The number of nitrogens with one attached hydrogen (secondary N) is 1. The van der Waals surface area contributed by atoms with E-state index in [1.807, 2.05) is 11.9 Å². The first-order chi connectivity index (χ1) is 10.3. The summed E-state index contributed by atoms with van der Waals surface area (Å²) in [6, 6.07) is 8.55. The fraction of sp³-hybridized carbons (Fsp3) is 0.611. The third kappa shape index (κ3) is 5.06. The van der Waals surface area contributed by atoms with Crippen molar-refractivity contribution < 1.29 is 3.97 Å². The number of hydrogen-bond donors (Lipinski definition) is 1. The highest BCUT2D eigenvalue weighted by molar-refractivity contribution is 7.92. The summed E-state index contributed by atoms with van der Waals surface area (Å²) >= 11 is 1.94. The smallest absolute Gasteiger partial charge is 0.240 e. The lowest BCUT2D eigenvalue weighted by Crippen LogP contribution is -2.27. The zero-order valence-electron chi connectivity index (χ0n) is 13.5. The molecule has 0 aliphatic heterocycles. The molecule has 3 heteroatoms. The first-order valence-corrected chi connectivity index (χ1v) is 9.40. The van der Waals surface area contributed by atoms with Crippen molar-refractivity contribution in [3.63, 3.8) is 0 Å². The number of H-pyrrole nitrogens is 1. The molecular formula is C18H29N2S+. The predicted molar refractivity (Wildman–Crippen MR) is 93.7 cm³/mol. The molecule has 0 fully saturated rings. The third-order valence-electron chi connectivity index (χ3n) is 3.96. The van der Waals surface area contributed by atoms with Gasteiger partial charge in [-0.1, -0.05) is 64.0 Å². The van der Waals surface area contributed by atoms with Gasteiger partial charge in [-0.3, -0.25) is 0 Å². The average Bonchev–Trinajstić information content (AvgIpc) is 2.81. The largest absolute Gasteiger partial charge is 0.263 e. The molecule has 2 nitrogen and oxygen atoms in total. The molecule has 1 aromatic heterocycles. The molecule has 0 amide bonds. The normalized spacial score (nSPS) is 11.3. The minimum absolute atomic E-state index is 1.21. The van der Waals surface area contributed by atoms with E-state index in [1.165, 1.54) is 74.0 Å². The quantitative estimate of drug-likeness (QED) is 0.460. The van der Waals surface area contributed by atoms with Crippen molar-refractivity contribution >= 4 is 23.0 Å². The van der Waals surface area contributed by atoms with Crippen LogP contribution in [0.3, 0.4) is 0 Å². The Labute approximate surface area is 133 Å². The summed E-state index contributed by atoms with van der Waals surface area (Å²) in [5, 5.41) is 0. The van der Waals surface area contributed by atoms with Gasteiger partial charge in [0.1, 0.15) is 0 Å². The number of benzene rings is 1. The molecule has 2 aromatic rings. The number of hydrogen-bond acceptors (Lipinski definition) is 1. The summed E-state index contributed by atoms with van der Waals surface area (Å²) in [7, 11) is 0. The summed E-state index contributed by atoms with van der Waals surface area (Å²) in [6.07, 6.45) is 11.1. The van der Waals surface area contributed by atoms with Crippen molar-refractivity contribution in [1.82, 2.24) is 4.98 Å². The molecule has 1 heterocycles. The number of aromatic nitrogens is 2. The number of aromatic amines is 1. The van der Waals surface area contributed by atoms with Crippen molar-refractivity contribution in [1.29, 1.82) is 0 Å². The van der Waals surface area contributed by atoms with E-state index in [9.17, 15) is 0 Å². The monoisotopic (exact) mass is 305 g/mol. The Morgan fingerprint density at radius 2 is 1.62 bits per heavy atom. The molecule has 0 spiro atoms. The number of unbranched alkanes of at least 4 members (excludes halogenated alkanes) is 7. The zero-order valence-corrected chi connectivity index (χ0v) is 14.3. The van der Waals surface area contributed by atoms with Crippen molar-refractivity contribution in [3.05, 3.63) is 30.1 Å². The molecule has 0 bridgehead atoms. The first kappa shape index (κ1) is 16.4. The van der Waals surface area contributed by atoms with Gasteiger partial charge in [-0.2, -0.15) is 3.97 Å². The SMILES string of the molecule is CCCCCCCCCCS[n+]1c(C)[nH]c2ccccc21. The van der Waals surface area contributed by atoms with Crippen LogP contribution >= 0.6 is 11.9 Å². The number of fused-ring (bicyclic) bond motifs is 1. The van der Waals surface area contributed by atoms with Gasteiger partial charge in [0.25, 0.3) is 5.82 Å². The minimum Gasteiger partial charge on any atom is -0.240 e. The third-order valence-corrected chi connectivity index (χ3v) is 5.16. The lowest BCUT2D eigenvalue weighted by molar-refractivity contribution is -0.471. The van der Waals surface area contributed by atoms with Gasteiger partial charge >= 0.3 is 0 Å². The van der Waals surface area contributed by atoms with Crippen LogP contribution in [0.15, 0.2) is 24.3 Å². The summed E-state index contributed by atoms with van der Waals surface area (Å²) < 4.78 is 2.34. The van der Waals surface area contributed by atoms with Crippen LogP contribution < -0.4 is 3.97 Å². The maximum Gasteiger partial charge on any atom is 0.263 e. The maximum atomic E-state index is 3.45. The first-order valence-electron chi connectivity index (χ1n) is 8.45. The van der Waals surface area contributed by atoms with E-state index in [1.54, 1.807) is 0 Å². The van der Waals surface area contributed by atoms with Crippen LogP contribution in [0.5, 0.6) is 0 Å². The summed E-state index contributed by atoms with van der Waals surface area (Å²) in [5.41, 5.74) is 2.54. The Kier molecular flexibility index (Phi) is 7.14. The second-order valence-corrected chi connectivity index (χ2v) is 6.86. The van der Waals surface area contributed by atoms with Gasteiger partial charge in [-0.25, -0.2) is 4.98 Å². The lowest BCUT2D eigenvalue weighted by atomic mass is 10.1. The number of nitrogens with zero attached hydrogens (tertiary/aromatic N) is 1. The van der Waals surface area contributed by atoms with Crippen molar-refractivity contribution in [3.8, 4) is 0 Å². The van der Waals surface area contributed by atoms with Gasteiger partial charge in [0, 0.05) is 12.7 Å². The van der Waals surface area contributed by atoms with E-state index in [2.05, 4.69) is 47.1 Å². The van der Waals surface area contributed by atoms with Gasteiger partial charge in [0.15, 0.2) is 11.0 Å². The van der Waals surface area contributed by atoms with Gasteiger partial charge in [0.05, 0.1) is 11.9 Å². The zero-order chi connectivity index (χ0) is 14.9. The highest BCUT2D eigenvalue weighted by atomic mass is 32.2. The van der Waals surface area contributed by atoms with E-state index in [0.717, 1.165) is 0 Å². The fourth-order valence-electron chi connectivity index (χ4n) is 2.74. The summed E-state index contributed by atoms with van der Waals surface area (Å²) in [6.45, 7) is 4.43. The lowest BCUT2D eigenvalue weighted by Gasteiger charge is -2.01. The predicted octanol–water partition coefficient (Wildman–Crippen LogP) is 5.40. The fourth-order valence-corrected chi connectivity index (χ4v) is 3.79. The topological polar surface area (TPSA) is 19.7 Å². The molecule has 116 valence electrons. The van der Waals surface area contributed by atoms with Crippen LogP contribution in [-0.4, -0.2) is 10.7 Å². The molecule has 0 saturated heterocycles. The van der Waals surface area contributed by atoms with Crippen molar-refractivity contribution in [2.75, 3.05) is 5.75 Å². The van der Waals surface area contributed by atoms with Crippen molar-refractivity contribution in [2.45, 2.75) is 65.2 Å². The van der Waals surface area contributed by atoms with Crippen LogP contribution in [0.2, 0.25) is 0 Å². The molecule has 21 heavy (non-hydrogen) atoms. The number of imidazole rings is 1. The summed E-state index contributed by atoms with van der Waals surface area (Å²) in [4.78, 5) is 3.45. The second kappa shape index (κ2) is 9.14. The van der Waals surface area contributed by atoms with E-state index in [4.69, 9.17) is 0 Å². The standard InChI is InChI=1S/C18H28N2S/c1-3-4-5-6-7-8-9-12-15-21-20-16(2)19-17-13-10-11-14-18(17)20/h10-11,13-14H,3-9,12,15H2,1-2H3/p+1. The van der Waals surface area contributed by atoms with Crippen LogP contribution in [0, 0.1) is 6.92 Å². The van der Waals surface area contributed by atoms with Crippen LogP contribution in [0.4, 0.5) is 0 Å². The molecule has 0 aliphatic rings. The molecule has 0 unspecified atom stereocenters. The molecule has 1 N–H and O–H groups in total. The second-order valence-electron chi connectivity index (χ2n) is 5.83. The highest BCUT2D eigenvalue weighted by Gasteiger charge is 2.14. The Morgan fingerprint density at radius 3 is 2.38 bits per heavy atom. The highest BCUT2D eigenvalue weighted by Crippen LogP contribution is 2.14. The van der Waals surface area contributed by atoms with Crippen LogP contribution in [0.25, 0.3) is 11.0 Å². The Hall–Kier alpha value is -0.960. The molecule has 1 aromatic carbocycles. The number of rotatable bonds is 10. The molecule has 2 rings (SSSR count). The van der Waals surface area contributed by atoms with E-state index in [0.29, 0.717) is 0 Å². The molecule has 0 atom stereocenters. The van der Waals surface area contributed by atoms with Crippen LogP contribution in [-0.2, 0) is 0 Å². The molecular weight excluding hydrogens is 276 g/mol. The Balaban J connectivity index is 1.65. The molecule has 0 radical (unpaired) electrons. The Bertz CT molecular complexity index is 533. The van der Waals surface area contributed by atoms with Crippen LogP contribution in [0.1, 0.15) is 64.1 Å². The minimum atomic E-state index is 1.21. The van der Waals surface area contributed by atoms with Gasteiger partial charge in [0.2, 0.25) is 0 Å². The molecule has 0 saturated carbocycles. The van der Waals surface area contributed by atoms with E-state index in [-0.39, 0.29) is 0 Å². The average molecular weight is 306 g/mol. The van der Waals surface area contributed by atoms with Gasteiger partial charge < -0.3 is 0 Å². The maximum absolute atomic E-state index is 3.45. The van der Waals surface area contributed by atoms with Crippen molar-refractivity contribution in [2.24, 2.45) is 0 Å². The molecule has 0 aliphatic carbocycles. The van der Waals surface area contributed by atoms with E-state index < -0.39 is 0 Å². The summed E-state index contributed by atoms with van der Waals surface area (Å²) in [5.74, 6) is 2.45. The van der Waals surface area contributed by atoms with Gasteiger partial charge in [-0.05, 0) is 18.6 Å². The number of para-hydroxylation sites is 2. The van der Waals surface area contributed by atoms with Gasteiger partial charge in [-0.15, -0.1) is 0 Å².